The number of carbonyl (C=O) groups is 3. The molecule has 0 bridgehead atoms. The Bertz CT molecular complexity index is 1160. The van der Waals surface area contributed by atoms with Gasteiger partial charge in [-0.15, -0.1) is 0 Å². The molecule has 0 aliphatic carbocycles. The molecule has 0 radical (unpaired) electrons. The van der Waals surface area contributed by atoms with Crippen LogP contribution in [0.2, 0.25) is 0 Å². The number of aryl methyl sites for hydroxylation is 1. The second-order valence-electron chi connectivity index (χ2n) is 12.5. The second-order valence-corrected chi connectivity index (χ2v) is 12.5. The summed E-state index contributed by atoms with van der Waals surface area (Å²) in [5, 5.41) is 16.2. The largest absolute Gasteiger partial charge is 0.508 e. The van der Waals surface area contributed by atoms with Crippen LogP contribution in [0.5, 0.6) is 5.75 Å². The number of ether oxygens (including phenoxy) is 1. The van der Waals surface area contributed by atoms with Gasteiger partial charge in [0.2, 0.25) is 11.8 Å². The van der Waals surface area contributed by atoms with E-state index in [1.165, 1.54) is 0 Å². The molecule has 0 aromatic heterocycles. The van der Waals surface area contributed by atoms with E-state index in [2.05, 4.69) is 24.5 Å². The van der Waals surface area contributed by atoms with Crippen LogP contribution in [0.4, 0.5) is 4.79 Å². The Labute approximate surface area is 258 Å². The number of carbonyl (C=O) groups excluding carboxylic acids is 3. The van der Waals surface area contributed by atoms with Crippen LogP contribution >= 0.6 is 0 Å². The maximum atomic E-state index is 14.6. The van der Waals surface area contributed by atoms with Crippen LogP contribution in [0.15, 0.2) is 48.5 Å². The fourth-order valence-corrected chi connectivity index (χ4v) is 5.10. The van der Waals surface area contributed by atoms with Crippen molar-refractivity contribution in [2.24, 2.45) is 0 Å². The van der Waals surface area contributed by atoms with Crippen molar-refractivity contribution in [2.75, 3.05) is 6.54 Å². The highest BCUT2D eigenvalue weighted by atomic mass is 16.6. The van der Waals surface area contributed by atoms with Crippen molar-refractivity contribution in [3.8, 4) is 5.75 Å². The van der Waals surface area contributed by atoms with Crippen molar-refractivity contribution in [1.82, 2.24) is 15.5 Å². The van der Waals surface area contributed by atoms with Crippen molar-refractivity contribution in [1.29, 1.82) is 0 Å². The van der Waals surface area contributed by atoms with Crippen LogP contribution in [-0.4, -0.2) is 52.1 Å². The van der Waals surface area contributed by atoms with Crippen LogP contribution in [-0.2, 0) is 20.7 Å². The predicted molar refractivity (Wildman–Crippen MR) is 172 cm³/mol. The molecule has 0 saturated carbocycles. The molecular weight excluding hydrogens is 542 g/mol. The molecule has 0 aliphatic rings. The summed E-state index contributed by atoms with van der Waals surface area (Å²) in [7, 11) is 0. The minimum absolute atomic E-state index is 0.0836. The molecule has 0 aliphatic heterocycles. The molecule has 3 atom stereocenters. The molecule has 3 amide bonds. The molecule has 8 nitrogen and oxygen atoms in total. The lowest BCUT2D eigenvalue weighted by atomic mass is 9.98. The number of unbranched alkanes of at least 4 members (excludes halogenated alkanes) is 4. The highest BCUT2D eigenvalue weighted by Gasteiger charge is 2.36. The molecule has 3 unspecified atom stereocenters. The zero-order valence-corrected chi connectivity index (χ0v) is 27.2. The zero-order chi connectivity index (χ0) is 32.0. The lowest BCUT2D eigenvalue weighted by molar-refractivity contribution is -0.142. The van der Waals surface area contributed by atoms with Crippen molar-refractivity contribution < 1.29 is 24.2 Å². The van der Waals surface area contributed by atoms with E-state index in [1.807, 2.05) is 37.3 Å². The maximum absolute atomic E-state index is 14.6. The summed E-state index contributed by atoms with van der Waals surface area (Å²) in [6.45, 7) is 13.6. The van der Waals surface area contributed by atoms with Crippen LogP contribution in [0.25, 0.3) is 0 Å². The molecule has 0 fully saturated rings. The van der Waals surface area contributed by atoms with Gasteiger partial charge in [-0.3, -0.25) is 9.59 Å². The minimum atomic E-state index is -0.963. The van der Waals surface area contributed by atoms with Crippen molar-refractivity contribution in [3.05, 3.63) is 65.2 Å². The number of nitrogens with zero attached hydrogens (tertiary/aromatic N) is 1. The summed E-state index contributed by atoms with van der Waals surface area (Å²) in [4.78, 5) is 43.2. The first-order chi connectivity index (χ1) is 20.4. The minimum Gasteiger partial charge on any atom is -0.508 e. The summed E-state index contributed by atoms with van der Waals surface area (Å²) in [5.41, 5.74) is 1.34. The van der Waals surface area contributed by atoms with Gasteiger partial charge in [0.15, 0.2) is 0 Å². The number of nitrogens with one attached hydrogen (secondary N) is 2. The number of aromatic hydroxyl groups is 1. The number of phenolic OH excluding ortho intramolecular Hbond substituents is 1. The Morgan fingerprint density at radius 2 is 1.60 bits per heavy atom. The molecule has 3 N–H and O–H groups in total. The summed E-state index contributed by atoms with van der Waals surface area (Å²) >= 11 is 0. The number of rotatable bonds is 16. The number of benzene rings is 2. The molecule has 0 spiro atoms. The van der Waals surface area contributed by atoms with Gasteiger partial charge in [-0.2, -0.15) is 0 Å². The Hall–Kier alpha value is -3.55. The average Bonchev–Trinajstić information content (AvgIpc) is 2.93. The third-order valence-electron chi connectivity index (χ3n) is 7.26. The van der Waals surface area contributed by atoms with E-state index >= 15 is 0 Å². The Balaban J connectivity index is 2.58. The van der Waals surface area contributed by atoms with Crippen LogP contribution in [0.3, 0.4) is 0 Å². The van der Waals surface area contributed by atoms with Crippen LogP contribution in [0.1, 0.15) is 109 Å². The number of amides is 3. The first kappa shape index (κ1) is 35.6. The molecule has 0 heterocycles. The van der Waals surface area contributed by atoms with Gasteiger partial charge in [0, 0.05) is 19.0 Å². The second kappa shape index (κ2) is 17.5. The number of phenols is 1. The normalized spacial score (nSPS) is 13.5. The summed E-state index contributed by atoms with van der Waals surface area (Å²) in [6, 6.07) is 12.5. The topological polar surface area (TPSA) is 108 Å². The molecular formula is C35H53N3O5. The van der Waals surface area contributed by atoms with Crippen LogP contribution < -0.4 is 10.6 Å². The van der Waals surface area contributed by atoms with E-state index in [-0.39, 0.29) is 30.0 Å². The fourth-order valence-electron chi connectivity index (χ4n) is 5.10. The van der Waals surface area contributed by atoms with Crippen molar-refractivity contribution in [2.45, 2.75) is 124 Å². The Morgan fingerprint density at radius 3 is 2.21 bits per heavy atom. The number of alkyl carbamates (subject to hydrolysis) is 1. The van der Waals surface area contributed by atoms with Gasteiger partial charge >= 0.3 is 6.09 Å². The third-order valence-corrected chi connectivity index (χ3v) is 7.26. The van der Waals surface area contributed by atoms with Crippen molar-refractivity contribution in [3.63, 3.8) is 0 Å². The van der Waals surface area contributed by atoms with E-state index in [1.54, 1.807) is 50.8 Å². The van der Waals surface area contributed by atoms with Gasteiger partial charge in [-0.25, -0.2) is 4.79 Å². The van der Waals surface area contributed by atoms with E-state index in [0.29, 0.717) is 24.1 Å². The first-order valence-electron chi connectivity index (χ1n) is 15.8. The molecule has 43 heavy (non-hydrogen) atoms. The SMILES string of the molecule is CCCCCCCN(C(=O)C(Cc1ccccc1)NC(=O)OC(C)(C)C)C(C(=O)NC(C)CCC)c1ccc(O)c(C)c1. The van der Waals surface area contributed by atoms with Gasteiger partial charge in [-0.05, 0) is 76.3 Å². The molecule has 2 rings (SSSR count). The maximum Gasteiger partial charge on any atom is 0.408 e. The number of hydrogen-bond acceptors (Lipinski definition) is 5. The molecule has 2 aromatic carbocycles. The zero-order valence-electron chi connectivity index (χ0n) is 27.2. The molecule has 0 saturated heterocycles. The summed E-state index contributed by atoms with van der Waals surface area (Å²) in [5.74, 6) is -0.531. The Kier molecular flexibility index (Phi) is 14.5. The summed E-state index contributed by atoms with van der Waals surface area (Å²) in [6.07, 6.45) is 6.10. The van der Waals surface area contributed by atoms with Crippen LogP contribution in [0, 0.1) is 6.92 Å². The fraction of sp³-hybridized carbons (Fsp3) is 0.571. The van der Waals surface area contributed by atoms with Gasteiger partial charge in [0.1, 0.15) is 23.4 Å². The lowest BCUT2D eigenvalue weighted by Gasteiger charge is -2.35. The Morgan fingerprint density at radius 1 is 0.930 bits per heavy atom. The number of hydrogen-bond donors (Lipinski definition) is 3. The standard InChI is InChI=1S/C35H53N3O5/c1-8-10-11-12-16-22-38(31(32(40)36-26(4)17-9-2)28-20-21-30(39)25(3)23-28)33(41)29(24-27-18-14-13-15-19-27)37-34(42)43-35(5,6)7/h13-15,18-21,23,26,29,31,39H,8-12,16-17,22,24H2,1-7H3,(H,36,40)(H,37,42). The quantitative estimate of drug-likeness (QED) is 0.182. The van der Waals surface area contributed by atoms with E-state index in [4.69, 9.17) is 4.74 Å². The highest BCUT2D eigenvalue weighted by Crippen LogP contribution is 2.28. The molecule has 238 valence electrons. The smallest absolute Gasteiger partial charge is 0.408 e. The third kappa shape index (κ3) is 12.3. The van der Waals surface area contributed by atoms with E-state index in [9.17, 15) is 19.5 Å². The van der Waals surface area contributed by atoms with Crippen molar-refractivity contribution >= 4 is 17.9 Å². The predicted octanol–water partition coefficient (Wildman–Crippen LogP) is 6.98. The molecule has 8 heteroatoms. The average molecular weight is 596 g/mol. The van der Waals surface area contributed by atoms with Gasteiger partial charge in [-0.1, -0.05) is 82.3 Å². The van der Waals surface area contributed by atoms with Gasteiger partial charge < -0.3 is 25.4 Å². The highest BCUT2D eigenvalue weighted by molar-refractivity contribution is 5.92. The van der Waals surface area contributed by atoms with Gasteiger partial charge in [0.05, 0.1) is 0 Å². The van der Waals surface area contributed by atoms with E-state index in [0.717, 1.165) is 44.1 Å². The van der Waals surface area contributed by atoms with Gasteiger partial charge in [0.25, 0.3) is 0 Å². The first-order valence-corrected chi connectivity index (χ1v) is 15.8. The van der Waals surface area contributed by atoms with E-state index < -0.39 is 23.8 Å². The molecule has 2 aromatic rings. The summed E-state index contributed by atoms with van der Waals surface area (Å²) < 4.78 is 5.53. The lowest BCUT2D eigenvalue weighted by Crippen LogP contribution is -2.54. The monoisotopic (exact) mass is 595 g/mol.